The fourth-order valence-corrected chi connectivity index (χ4v) is 4.12. The summed E-state index contributed by atoms with van der Waals surface area (Å²) in [5.74, 6) is -0.450. The van der Waals surface area contributed by atoms with E-state index in [1.807, 2.05) is 35.7 Å². The van der Waals surface area contributed by atoms with E-state index in [9.17, 15) is 14.4 Å². The molecule has 1 aromatic heterocycles. The van der Waals surface area contributed by atoms with Crippen molar-refractivity contribution in [2.24, 2.45) is 0 Å². The smallest absolute Gasteiger partial charge is 0.321 e. The van der Waals surface area contributed by atoms with Crippen molar-refractivity contribution in [1.82, 2.24) is 10.2 Å². The van der Waals surface area contributed by atoms with E-state index in [1.165, 1.54) is 11.3 Å². The Balaban J connectivity index is 1.33. The van der Waals surface area contributed by atoms with Gasteiger partial charge in [0.1, 0.15) is 0 Å². The van der Waals surface area contributed by atoms with Crippen LogP contribution < -0.4 is 16.0 Å². The normalized spacial score (nSPS) is 12.9. The average Bonchev–Trinajstić information content (AvgIpc) is 3.52. The van der Waals surface area contributed by atoms with E-state index < -0.39 is 0 Å². The number of nitrogens with one attached hydrogen (secondary N) is 3. The van der Waals surface area contributed by atoms with E-state index >= 15 is 0 Å². The highest BCUT2D eigenvalue weighted by atomic mass is 32.1. The van der Waals surface area contributed by atoms with Crippen LogP contribution in [0.4, 0.5) is 16.2 Å². The van der Waals surface area contributed by atoms with Crippen molar-refractivity contribution in [2.75, 3.05) is 23.7 Å². The Morgan fingerprint density at radius 2 is 1.59 bits per heavy atom. The van der Waals surface area contributed by atoms with Crippen molar-refractivity contribution in [3.8, 4) is 0 Å². The summed E-state index contributed by atoms with van der Waals surface area (Å²) in [4.78, 5) is 39.5. The standard InChI is InChI=1S/C24H24N4O3S/c29-22(18-7-4-9-20(15-18)26-23(30)21-10-5-13-32-21)25-16-17-6-3-8-19(14-17)27-24(31)28-11-1-2-12-28/h3-10,13-15H,1-2,11-12,16H2,(H,25,29)(H,26,30)(H,27,31). The number of carbonyl (C=O) groups excluding carboxylic acids is 3. The number of nitrogens with zero attached hydrogens (tertiary/aromatic N) is 1. The zero-order valence-corrected chi connectivity index (χ0v) is 18.3. The zero-order valence-electron chi connectivity index (χ0n) is 17.5. The number of carbonyl (C=O) groups is 3. The Morgan fingerprint density at radius 3 is 2.34 bits per heavy atom. The third-order valence-electron chi connectivity index (χ3n) is 5.15. The lowest BCUT2D eigenvalue weighted by atomic mass is 10.1. The van der Waals surface area contributed by atoms with E-state index in [1.54, 1.807) is 35.2 Å². The summed E-state index contributed by atoms with van der Waals surface area (Å²) in [6.45, 7) is 1.89. The Bertz CT molecular complexity index is 1110. The SMILES string of the molecule is O=C(NCc1cccc(NC(=O)N2CCCC2)c1)c1cccc(NC(=O)c2cccs2)c1. The Kier molecular flexibility index (Phi) is 6.81. The molecule has 0 unspecified atom stereocenters. The quantitative estimate of drug-likeness (QED) is 0.516. The molecule has 1 aliphatic heterocycles. The number of thiophene rings is 1. The summed E-state index contributed by atoms with van der Waals surface area (Å²) in [5, 5.41) is 10.5. The van der Waals surface area contributed by atoms with Gasteiger partial charge in [-0.1, -0.05) is 24.3 Å². The molecule has 164 valence electrons. The van der Waals surface area contributed by atoms with Crippen molar-refractivity contribution in [1.29, 1.82) is 0 Å². The molecule has 0 saturated carbocycles. The van der Waals surface area contributed by atoms with E-state index in [4.69, 9.17) is 0 Å². The lowest BCUT2D eigenvalue weighted by Gasteiger charge is -2.16. The third-order valence-corrected chi connectivity index (χ3v) is 6.02. The molecule has 0 aliphatic carbocycles. The molecule has 1 saturated heterocycles. The summed E-state index contributed by atoms with van der Waals surface area (Å²) in [5.41, 5.74) is 2.59. The maximum atomic E-state index is 12.6. The monoisotopic (exact) mass is 448 g/mol. The molecular formula is C24H24N4O3S. The largest absolute Gasteiger partial charge is 0.348 e. The molecule has 0 bridgehead atoms. The van der Waals surface area contributed by atoms with Gasteiger partial charge in [0.25, 0.3) is 11.8 Å². The molecule has 1 fully saturated rings. The Morgan fingerprint density at radius 1 is 0.844 bits per heavy atom. The van der Waals surface area contributed by atoms with Gasteiger partial charge in [-0.2, -0.15) is 0 Å². The molecule has 4 rings (SSSR count). The van der Waals surface area contributed by atoms with Crippen LogP contribution in [0.3, 0.4) is 0 Å². The van der Waals surface area contributed by atoms with E-state index in [0.29, 0.717) is 28.4 Å². The van der Waals surface area contributed by atoms with Crippen LogP contribution in [0, 0.1) is 0 Å². The number of rotatable bonds is 6. The summed E-state index contributed by atoms with van der Waals surface area (Å²) in [7, 11) is 0. The summed E-state index contributed by atoms with van der Waals surface area (Å²) >= 11 is 1.36. The fraction of sp³-hybridized carbons (Fsp3) is 0.208. The van der Waals surface area contributed by atoms with Gasteiger partial charge in [-0.3, -0.25) is 9.59 Å². The van der Waals surface area contributed by atoms with Crippen LogP contribution in [-0.4, -0.2) is 35.8 Å². The van der Waals surface area contributed by atoms with Crippen LogP contribution in [0.2, 0.25) is 0 Å². The van der Waals surface area contributed by atoms with Crippen LogP contribution in [0.5, 0.6) is 0 Å². The first-order chi connectivity index (χ1) is 15.6. The van der Waals surface area contributed by atoms with Crippen LogP contribution in [0.1, 0.15) is 38.4 Å². The molecule has 0 atom stereocenters. The first-order valence-electron chi connectivity index (χ1n) is 10.5. The molecule has 7 nitrogen and oxygen atoms in total. The summed E-state index contributed by atoms with van der Waals surface area (Å²) in [6, 6.07) is 17.7. The molecule has 32 heavy (non-hydrogen) atoms. The number of benzene rings is 2. The predicted molar refractivity (Wildman–Crippen MR) is 126 cm³/mol. The molecule has 4 amide bonds. The second kappa shape index (κ2) is 10.1. The van der Waals surface area contributed by atoms with Crippen molar-refractivity contribution >= 4 is 40.6 Å². The molecule has 0 spiro atoms. The van der Waals surface area contributed by atoms with Gasteiger partial charge in [-0.05, 0) is 60.2 Å². The Hall–Kier alpha value is -3.65. The molecule has 1 aliphatic rings. The highest BCUT2D eigenvalue weighted by Gasteiger charge is 2.17. The minimum Gasteiger partial charge on any atom is -0.348 e. The number of anilines is 2. The highest BCUT2D eigenvalue weighted by Crippen LogP contribution is 2.16. The van der Waals surface area contributed by atoms with Gasteiger partial charge in [0.15, 0.2) is 0 Å². The van der Waals surface area contributed by atoms with Gasteiger partial charge < -0.3 is 20.9 Å². The van der Waals surface area contributed by atoms with Crippen LogP contribution in [-0.2, 0) is 6.54 Å². The third kappa shape index (κ3) is 5.53. The maximum absolute atomic E-state index is 12.6. The molecule has 0 radical (unpaired) electrons. The van der Waals surface area contributed by atoms with Gasteiger partial charge in [0.05, 0.1) is 4.88 Å². The van der Waals surface area contributed by atoms with Crippen LogP contribution in [0.15, 0.2) is 66.0 Å². The van der Waals surface area contributed by atoms with E-state index in [2.05, 4.69) is 16.0 Å². The summed E-state index contributed by atoms with van der Waals surface area (Å²) < 4.78 is 0. The first-order valence-corrected chi connectivity index (χ1v) is 11.3. The van der Waals surface area contributed by atoms with E-state index in [-0.39, 0.29) is 17.8 Å². The van der Waals surface area contributed by atoms with Crippen LogP contribution >= 0.6 is 11.3 Å². The van der Waals surface area contributed by atoms with Crippen molar-refractivity contribution in [3.63, 3.8) is 0 Å². The molecule has 8 heteroatoms. The van der Waals surface area contributed by atoms with Crippen LogP contribution in [0.25, 0.3) is 0 Å². The molecular weight excluding hydrogens is 424 g/mol. The van der Waals surface area contributed by atoms with Gasteiger partial charge in [0, 0.05) is 36.6 Å². The topological polar surface area (TPSA) is 90.5 Å². The number of hydrogen-bond acceptors (Lipinski definition) is 4. The minimum absolute atomic E-state index is 0.0925. The van der Waals surface area contributed by atoms with Gasteiger partial charge in [-0.25, -0.2) is 4.79 Å². The van der Waals surface area contributed by atoms with Crippen molar-refractivity contribution in [2.45, 2.75) is 19.4 Å². The first kappa shape index (κ1) is 21.6. The average molecular weight is 449 g/mol. The zero-order chi connectivity index (χ0) is 22.3. The van der Waals surface area contributed by atoms with Crippen molar-refractivity contribution in [3.05, 3.63) is 82.0 Å². The van der Waals surface area contributed by atoms with E-state index in [0.717, 1.165) is 31.5 Å². The van der Waals surface area contributed by atoms with Crippen molar-refractivity contribution < 1.29 is 14.4 Å². The van der Waals surface area contributed by atoms with Gasteiger partial charge in [-0.15, -0.1) is 11.3 Å². The second-order valence-corrected chi connectivity index (χ2v) is 8.47. The minimum atomic E-state index is -0.247. The molecule has 3 N–H and O–H groups in total. The fourth-order valence-electron chi connectivity index (χ4n) is 3.50. The lowest BCUT2D eigenvalue weighted by Crippen LogP contribution is -2.32. The maximum Gasteiger partial charge on any atom is 0.321 e. The number of amides is 4. The number of urea groups is 1. The summed E-state index contributed by atoms with van der Waals surface area (Å²) in [6.07, 6.45) is 2.08. The molecule has 2 heterocycles. The van der Waals surface area contributed by atoms with Gasteiger partial charge >= 0.3 is 6.03 Å². The number of likely N-dealkylation sites (tertiary alicyclic amines) is 1. The molecule has 3 aromatic rings. The lowest BCUT2D eigenvalue weighted by molar-refractivity contribution is 0.0949. The van der Waals surface area contributed by atoms with Gasteiger partial charge in [0.2, 0.25) is 0 Å². The number of hydrogen-bond donors (Lipinski definition) is 3. The second-order valence-electron chi connectivity index (χ2n) is 7.52. The highest BCUT2D eigenvalue weighted by molar-refractivity contribution is 7.12. The Labute approximate surface area is 190 Å². The predicted octanol–water partition coefficient (Wildman–Crippen LogP) is 4.56. The molecule has 2 aromatic carbocycles.